The van der Waals surface area contributed by atoms with Gasteiger partial charge in [0.1, 0.15) is 0 Å². The van der Waals surface area contributed by atoms with Crippen LogP contribution in [0.3, 0.4) is 0 Å². The van der Waals surface area contributed by atoms with E-state index < -0.39 is 13.9 Å². The third-order valence-electron chi connectivity index (χ3n) is 12.8. The molecule has 2 N–H and O–H groups in total. The van der Waals surface area contributed by atoms with Crippen molar-refractivity contribution in [2.45, 2.75) is 127 Å². The lowest BCUT2D eigenvalue weighted by Gasteiger charge is -2.62. The normalized spacial score (nSPS) is 42.7. The molecule has 4 aliphatic carbocycles. The summed E-state index contributed by atoms with van der Waals surface area (Å²) < 4.78 is 16.8. The molecule has 218 valence electrons. The number of carbonyl (C=O) groups is 1. The number of carbonyl (C=O) groups excluding carboxylic acids is 1. The highest BCUT2D eigenvalue weighted by atomic mass is 31.2. The molecule has 4 rings (SSSR count). The van der Waals surface area contributed by atoms with Gasteiger partial charge in [0.25, 0.3) is 0 Å². The molecule has 0 heterocycles. The summed E-state index contributed by atoms with van der Waals surface area (Å²) in [7, 11) is -4.60. The molecule has 0 saturated heterocycles. The van der Waals surface area contributed by atoms with Crippen LogP contribution in [0.15, 0.2) is 11.6 Å². The Kier molecular flexibility index (Phi) is 7.65. The Balaban J connectivity index is 1.64. The average Bonchev–Trinajstić information content (AvgIpc) is 3.04. The van der Waals surface area contributed by atoms with E-state index in [1.54, 1.807) is 0 Å². The smallest absolute Gasteiger partial charge is 0.303 e. The molecular weight excluding hydrogens is 495 g/mol. The largest absolute Gasteiger partial charge is 0.469 e. The number of hydrogen-bond donors (Lipinski definition) is 2. The number of phosphoric acid groups is 1. The molecule has 0 aromatic rings. The average molecular weight is 551 g/mol. The zero-order chi connectivity index (χ0) is 28.7. The maximum atomic E-state index is 13.8. The summed E-state index contributed by atoms with van der Waals surface area (Å²) in [6.45, 7) is 23.8. The van der Waals surface area contributed by atoms with E-state index in [0.29, 0.717) is 29.6 Å². The van der Waals surface area contributed by atoms with Gasteiger partial charge in [-0.15, -0.1) is 0 Å². The Bertz CT molecular complexity index is 1020. The van der Waals surface area contributed by atoms with Crippen LogP contribution in [-0.2, 0) is 13.9 Å². The molecule has 0 spiro atoms. The molecular formula is C32H55O5P. The van der Waals surface area contributed by atoms with E-state index in [9.17, 15) is 19.1 Å². The molecule has 3 saturated carbocycles. The lowest BCUT2D eigenvalue weighted by molar-refractivity contribution is -0.138. The van der Waals surface area contributed by atoms with E-state index in [-0.39, 0.29) is 39.3 Å². The summed E-state index contributed by atoms with van der Waals surface area (Å²) >= 11 is 0. The molecule has 0 aliphatic heterocycles. The molecule has 38 heavy (non-hydrogen) atoms. The van der Waals surface area contributed by atoms with E-state index in [1.807, 2.05) is 13.0 Å². The van der Waals surface area contributed by atoms with E-state index in [0.717, 1.165) is 19.3 Å². The van der Waals surface area contributed by atoms with Gasteiger partial charge in [0.15, 0.2) is 5.78 Å². The number of allylic oxidation sites excluding steroid dienone is 2. The van der Waals surface area contributed by atoms with Crippen LogP contribution >= 0.6 is 7.82 Å². The summed E-state index contributed by atoms with van der Waals surface area (Å²) in [6.07, 6.45) is 9.70. The molecule has 4 aliphatic rings. The number of hydrogen-bond acceptors (Lipinski definition) is 3. The fraction of sp³-hybridized carbons (Fsp3) is 0.906. The molecule has 1 unspecified atom stereocenters. The molecule has 0 amide bonds. The molecule has 0 radical (unpaired) electrons. The topological polar surface area (TPSA) is 83.8 Å². The molecule has 5 nitrogen and oxygen atoms in total. The third kappa shape index (κ3) is 4.94. The Morgan fingerprint density at radius 3 is 2.29 bits per heavy atom. The minimum atomic E-state index is -4.60. The number of rotatable bonds is 6. The van der Waals surface area contributed by atoms with Crippen molar-refractivity contribution in [1.82, 2.24) is 0 Å². The van der Waals surface area contributed by atoms with Crippen molar-refractivity contribution in [2.75, 3.05) is 0 Å². The van der Waals surface area contributed by atoms with Gasteiger partial charge in [0, 0.05) is 5.92 Å². The first-order chi connectivity index (χ1) is 17.2. The highest BCUT2D eigenvalue weighted by Crippen LogP contribution is 2.74. The predicted molar refractivity (Wildman–Crippen MR) is 153 cm³/mol. The van der Waals surface area contributed by atoms with Gasteiger partial charge in [0.05, 0.1) is 6.10 Å². The van der Waals surface area contributed by atoms with Crippen molar-refractivity contribution in [3.05, 3.63) is 11.6 Å². The van der Waals surface area contributed by atoms with Crippen LogP contribution in [0, 0.1) is 56.7 Å². The van der Waals surface area contributed by atoms with Gasteiger partial charge in [-0.1, -0.05) is 74.8 Å². The quantitative estimate of drug-likeness (QED) is 0.325. The van der Waals surface area contributed by atoms with E-state index in [2.05, 4.69) is 62.3 Å². The van der Waals surface area contributed by atoms with Gasteiger partial charge in [-0.05, 0) is 108 Å². The first kappa shape index (κ1) is 30.5. The Hall–Kier alpha value is -0.480. The number of phosphoric ester groups is 1. The maximum Gasteiger partial charge on any atom is 0.469 e. The van der Waals surface area contributed by atoms with Crippen LogP contribution in [0.1, 0.15) is 121 Å². The fourth-order valence-electron chi connectivity index (χ4n) is 9.94. The number of fused-ring (bicyclic) bond motifs is 5. The second kappa shape index (κ2) is 9.53. The first-order valence-corrected chi connectivity index (χ1v) is 16.7. The molecule has 0 aromatic carbocycles. The highest BCUT2D eigenvalue weighted by Gasteiger charge is 2.66. The minimum absolute atomic E-state index is 0.00364. The second-order valence-corrected chi connectivity index (χ2v) is 17.6. The second-order valence-electron chi connectivity index (χ2n) is 16.4. The summed E-state index contributed by atoms with van der Waals surface area (Å²) in [6, 6.07) is 0. The molecule has 0 aromatic heterocycles. The van der Waals surface area contributed by atoms with Crippen molar-refractivity contribution < 1.29 is 23.7 Å². The summed E-state index contributed by atoms with van der Waals surface area (Å²) in [5, 5.41) is 0. The minimum Gasteiger partial charge on any atom is -0.303 e. The monoisotopic (exact) mass is 550 g/mol. The SMILES string of the molecule is C[C@H](CCC(C)(C)C)C(C)(C)[C@H]1CC[C@@]2(C)C3=CC(=O)[C@@H]4C[C@@H](OP(=O)(O)O)[C@@H](C)C[C@]4(C)C3CC[C@]12C. The molecule has 0 bridgehead atoms. The summed E-state index contributed by atoms with van der Waals surface area (Å²) in [5.41, 5.74) is 1.94. The summed E-state index contributed by atoms with van der Waals surface area (Å²) in [5.74, 6) is 1.51. The zero-order valence-electron chi connectivity index (χ0n) is 25.8. The molecule has 9 atom stereocenters. The van der Waals surface area contributed by atoms with Crippen LogP contribution in [-0.4, -0.2) is 21.7 Å². The Labute approximate surface area is 232 Å². The van der Waals surface area contributed by atoms with Gasteiger partial charge in [-0.2, -0.15) is 0 Å². The highest BCUT2D eigenvalue weighted by molar-refractivity contribution is 7.46. The Morgan fingerprint density at radius 2 is 1.71 bits per heavy atom. The first-order valence-electron chi connectivity index (χ1n) is 15.2. The predicted octanol–water partition coefficient (Wildman–Crippen LogP) is 8.35. The molecule has 6 heteroatoms. The zero-order valence-corrected chi connectivity index (χ0v) is 26.7. The molecule has 3 fully saturated rings. The van der Waals surface area contributed by atoms with Crippen LogP contribution in [0.2, 0.25) is 0 Å². The van der Waals surface area contributed by atoms with Crippen LogP contribution in [0.25, 0.3) is 0 Å². The van der Waals surface area contributed by atoms with E-state index >= 15 is 0 Å². The van der Waals surface area contributed by atoms with Gasteiger partial charge >= 0.3 is 7.82 Å². The standard InChI is InChI=1S/C32H55O5P/c1-20-19-30(8)22-12-15-32(10)27(29(6,7)21(2)11-14-28(3,4)5)13-16-31(32,9)23(22)17-25(33)24(30)18-26(20)37-38(34,35)36/h17,20-22,24,26-27H,11-16,18-19H2,1-10H3,(H2,34,35,36)/t20-,21+,22?,24-,26+,27+,30+,31-,32+/m0/s1. The van der Waals surface area contributed by atoms with Gasteiger partial charge in [-0.3, -0.25) is 9.32 Å². The third-order valence-corrected chi connectivity index (χ3v) is 13.3. The van der Waals surface area contributed by atoms with Crippen LogP contribution < -0.4 is 0 Å². The van der Waals surface area contributed by atoms with Crippen molar-refractivity contribution in [1.29, 1.82) is 0 Å². The van der Waals surface area contributed by atoms with Gasteiger partial charge in [-0.25, -0.2) is 4.57 Å². The van der Waals surface area contributed by atoms with Gasteiger partial charge < -0.3 is 9.79 Å². The van der Waals surface area contributed by atoms with Crippen molar-refractivity contribution >= 4 is 13.6 Å². The lowest BCUT2D eigenvalue weighted by Crippen LogP contribution is -2.57. The van der Waals surface area contributed by atoms with Crippen LogP contribution in [0.4, 0.5) is 0 Å². The maximum absolute atomic E-state index is 13.8. The van der Waals surface area contributed by atoms with Crippen molar-refractivity contribution in [2.24, 2.45) is 56.7 Å². The lowest BCUT2D eigenvalue weighted by atomic mass is 9.42. The van der Waals surface area contributed by atoms with Crippen molar-refractivity contribution in [3.8, 4) is 0 Å². The van der Waals surface area contributed by atoms with Crippen LogP contribution in [0.5, 0.6) is 0 Å². The summed E-state index contributed by atoms with van der Waals surface area (Å²) in [4.78, 5) is 32.7. The number of ketones is 1. The fourth-order valence-corrected chi connectivity index (χ4v) is 10.6. The van der Waals surface area contributed by atoms with E-state index in [4.69, 9.17) is 4.52 Å². The van der Waals surface area contributed by atoms with Crippen molar-refractivity contribution in [3.63, 3.8) is 0 Å². The Morgan fingerprint density at radius 1 is 1.08 bits per heavy atom. The van der Waals surface area contributed by atoms with Gasteiger partial charge in [0.2, 0.25) is 0 Å². The van der Waals surface area contributed by atoms with E-state index in [1.165, 1.54) is 31.3 Å².